The van der Waals surface area contributed by atoms with E-state index in [1.807, 2.05) is 6.07 Å². The third kappa shape index (κ3) is 5.65. The molecule has 3 rings (SSSR count). The molecule has 1 aliphatic rings. The smallest absolute Gasteiger partial charge is 0.329 e. The Morgan fingerprint density at radius 2 is 1.90 bits per heavy atom. The van der Waals surface area contributed by atoms with E-state index in [0.29, 0.717) is 36.8 Å². The Hall–Kier alpha value is -2.76. The number of aliphatic carboxylic acids is 1. The zero-order valence-corrected chi connectivity index (χ0v) is 17.9. The number of rotatable bonds is 8. The van der Waals surface area contributed by atoms with Crippen molar-refractivity contribution >= 4 is 11.7 Å². The van der Waals surface area contributed by atoms with Gasteiger partial charge in [0.05, 0.1) is 25.6 Å². The number of hydrogen-bond donors (Lipinski definition) is 2. The van der Waals surface area contributed by atoms with Crippen molar-refractivity contribution in [3.8, 4) is 11.6 Å². The highest BCUT2D eigenvalue weighted by Gasteiger charge is 2.38. The Morgan fingerprint density at radius 1 is 1.17 bits per heavy atom. The fraction of sp³-hybridized carbons (Fsp3) is 0.500. The van der Waals surface area contributed by atoms with Crippen LogP contribution in [-0.4, -0.2) is 35.3 Å². The van der Waals surface area contributed by atoms with Gasteiger partial charge in [0.25, 0.3) is 5.88 Å². The van der Waals surface area contributed by atoms with E-state index in [0.717, 1.165) is 32.1 Å². The van der Waals surface area contributed by atoms with Gasteiger partial charge in [-0.1, -0.05) is 61.9 Å². The van der Waals surface area contributed by atoms with Gasteiger partial charge in [-0.2, -0.15) is 0 Å². The topological polar surface area (TPSA) is 80.7 Å². The standard InChI is InChI=1S/C24H32N2O4/c1-18-9-8-10-19(15-18)11-14-30-21-16-20(17-25-22(21)29-2)26-24(23(27)28)12-6-4-3-5-7-13-24/h8-10,15-17,26H,3-7,11-14H2,1-2H3,(H,27,28). The Balaban J connectivity index is 1.73. The molecule has 0 unspecified atom stereocenters. The van der Waals surface area contributed by atoms with Crippen LogP contribution in [0.15, 0.2) is 36.5 Å². The summed E-state index contributed by atoms with van der Waals surface area (Å²) in [4.78, 5) is 16.5. The van der Waals surface area contributed by atoms with Crippen molar-refractivity contribution in [1.82, 2.24) is 4.98 Å². The van der Waals surface area contributed by atoms with E-state index in [2.05, 4.69) is 35.4 Å². The van der Waals surface area contributed by atoms with E-state index >= 15 is 0 Å². The molecule has 6 heteroatoms. The molecule has 0 atom stereocenters. The number of methoxy groups -OCH3 is 1. The Morgan fingerprint density at radius 3 is 2.57 bits per heavy atom. The predicted molar refractivity (Wildman–Crippen MR) is 117 cm³/mol. The predicted octanol–water partition coefficient (Wildman–Crippen LogP) is 5.00. The Labute approximate surface area is 178 Å². The highest BCUT2D eigenvalue weighted by Crippen LogP contribution is 2.33. The molecule has 2 N–H and O–H groups in total. The first kappa shape index (κ1) is 21.9. The van der Waals surface area contributed by atoms with E-state index in [9.17, 15) is 9.90 Å². The summed E-state index contributed by atoms with van der Waals surface area (Å²) in [6.45, 7) is 2.55. The lowest BCUT2D eigenvalue weighted by Crippen LogP contribution is -2.46. The van der Waals surface area contributed by atoms with E-state index in [-0.39, 0.29) is 0 Å². The summed E-state index contributed by atoms with van der Waals surface area (Å²) in [5.74, 6) is 0.107. The molecule has 1 heterocycles. The van der Waals surface area contributed by atoms with Gasteiger partial charge < -0.3 is 19.9 Å². The number of hydrogen-bond acceptors (Lipinski definition) is 5. The minimum absolute atomic E-state index is 0.395. The molecular formula is C24H32N2O4. The van der Waals surface area contributed by atoms with Gasteiger partial charge in [-0.3, -0.25) is 0 Å². The lowest BCUT2D eigenvalue weighted by atomic mass is 9.83. The maximum atomic E-state index is 12.2. The maximum absolute atomic E-state index is 12.2. The lowest BCUT2D eigenvalue weighted by Gasteiger charge is -2.33. The van der Waals surface area contributed by atoms with Crippen LogP contribution in [0.5, 0.6) is 11.6 Å². The van der Waals surface area contributed by atoms with Gasteiger partial charge in [0.15, 0.2) is 5.75 Å². The number of nitrogens with zero attached hydrogens (tertiary/aromatic N) is 1. The molecule has 0 spiro atoms. The normalized spacial score (nSPS) is 16.2. The zero-order chi connectivity index (χ0) is 21.4. The van der Waals surface area contributed by atoms with Crippen LogP contribution in [0.1, 0.15) is 56.1 Å². The summed E-state index contributed by atoms with van der Waals surface area (Å²) >= 11 is 0. The number of aromatic nitrogens is 1. The second-order valence-corrected chi connectivity index (χ2v) is 8.10. The van der Waals surface area contributed by atoms with Gasteiger partial charge in [-0.25, -0.2) is 9.78 Å². The molecule has 1 aliphatic carbocycles. The number of carbonyl (C=O) groups is 1. The summed E-state index contributed by atoms with van der Waals surface area (Å²) in [5, 5.41) is 13.3. The molecule has 0 bridgehead atoms. The van der Waals surface area contributed by atoms with Gasteiger partial charge in [-0.05, 0) is 25.3 Å². The van der Waals surface area contributed by atoms with Crippen molar-refractivity contribution in [2.24, 2.45) is 0 Å². The number of ether oxygens (including phenoxy) is 2. The van der Waals surface area contributed by atoms with Gasteiger partial charge in [0.1, 0.15) is 5.54 Å². The summed E-state index contributed by atoms with van der Waals surface area (Å²) in [5.41, 5.74) is 2.10. The van der Waals surface area contributed by atoms with Gasteiger partial charge in [-0.15, -0.1) is 0 Å². The summed E-state index contributed by atoms with van der Waals surface area (Å²) < 4.78 is 11.3. The van der Waals surface area contributed by atoms with E-state index < -0.39 is 11.5 Å². The second kappa shape index (κ2) is 10.3. The van der Waals surface area contributed by atoms with Crippen LogP contribution in [0, 0.1) is 6.92 Å². The number of pyridine rings is 1. The molecule has 0 aliphatic heterocycles. The second-order valence-electron chi connectivity index (χ2n) is 8.10. The third-order valence-corrected chi connectivity index (χ3v) is 5.74. The third-order valence-electron chi connectivity index (χ3n) is 5.74. The maximum Gasteiger partial charge on any atom is 0.329 e. The molecule has 0 radical (unpaired) electrons. The molecule has 1 fully saturated rings. The average Bonchev–Trinajstić information content (AvgIpc) is 2.70. The number of benzene rings is 1. The van der Waals surface area contributed by atoms with Crippen LogP contribution in [0.4, 0.5) is 5.69 Å². The summed E-state index contributed by atoms with van der Waals surface area (Å²) in [6.07, 6.45) is 8.74. The van der Waals surface area contributed by atoms with Crippen LogP contribution >= 0.6 is 0 Å². The molecule has 162 valence electrons. The van der Waals surface area contributed by atoms with Crippen LogP contribution in [0.3, 0.4) is 0 Å². The molecule has 1 saturated carbocycles. The van der Waals surface area contributed by atoms with Crippen LogP contribution in [-0.2, 0) is 11.2 Å². The number of anilines is 1. The largest absolute Gasteiger partial charge is 0.488 e. The zero-order valence-electron chi connectivity index (χ0n) is 17.9. The first-order valence-electron chi connectivity index (χ1n) is 10.8. The summed E-state index contributed by atoms with van der Waals surface area (Å²) in [7, 11) is 1.55. The highest BCUT2D eigenvalue weighted by atomic mass is 16.5. The van der Waals surface area contributed by atoms with Crippen LogP contribution in [0.25, 0.3) is 0 Å². The molecular weight excluding hydrogens is 380 g/mol. The van der Waals surface area contributed by atoms with Crippen molar-refractivity contribution in [2.45, 2.75) is 63.8 Å². The fourth-order valence-corrected chi connectivity index (χ4v) is 4.08. The first-order valence-corrected chi connectivity index (χ1v) is 10.8. The fourth-order valence-electron chi connectivity index (χ4n) is 4.08. The van der Waals surface area contributed by atoms with Crippen molar-refractivity contribution in [3.05, 3.63) is 47.7 Å². The van der Waals surface area contributed by atoms with E-state index in [1.165, 1.54) is 17.5 Å². The molecule has 0 amide bonds. The number of carboxylic acid groups (broad SMARTS) is 1. The molecule has 0 saturated heterocycles. The number of carboxylic acids is 1. The van der Waals surface area contributed by atoms with Gasteiger partial charge >= 0.3 is 5.97 Å². The molecule has 2 aromatic rings. The van der Waals surface area contributed by atoms with Crippen molar-refractivity contribution in [2.75, 3.05) is 19.0 Å². The summed E-state index contributed by atoms with van der Waals surface area (Å²) in [6, 6.07) is 10.1. The number of aryl methyl sites for hydroxylation is 1. The van der Waals surface area contributed by atoms with Crippen LogP contribution < -0.4 is 14.8 Å². The molecule has 6 nitrogen and oxygen atoms in total. The highest BCUT2D eigenvalue weighted by molar-refractivity contribution is 5.83. The number of nitrogens with one attached hydrogen (secondary N) is 1. The average molecular weight is 413 g/mol. The van der Waals surface area contributed by atoms with Gasteiger partial charge in [0.2, 0.25) is 0 Å². The van der Waals surface area contributed by atoms with Crippen molar-refractivity contribution in [3.63, 3.8) is 0 Å². The van der Waals surface area contributed by atoms with Gasteiger partial charge in [0, 0.05) is 12.5 Å². The van der Waals surface area contributed by atoms with Crippen molar-refractivity contribution in [1.29, 1.82) is 0 Å². The molecule has 1 aromatic carbocycles. The minimum Gasteiger partial charge on any atom is -0.488 e. The molecule has 1 aromatic heterocycles. The van der Waals surface area contributed by atoms with Crippen LogP contribution in [0.2, 0.25) is 0 Å². The SMILES string of the molecule is COc1ncc(NC2(C(=O)O)CCCCCCC2)cc1OCCc1cccc(C)c1. The van der Waals surface area contributed by atoms with E-state index in [1.54, 1.807) is 19.4 Å². The monoisotopic (exact) mass is 412 g/mol. The quantitative estimate of drug-likeness (QED) is 0.635. The Bertz CT molecular complexity index is 845. The van der Waals surface area contributed by atoms with Crippen molar-refractivity contribution < 1.29 is 19.4 Å². The molecule has 30 heavy (non-hydrogen) atoms. The first-order chi connectivity index (χ1) is 14.5. The lowest BCUT2D eigenvalue weighted by molar-refractivity contribution is -0.143. The minimum atomic E-state index is -0.963. The Kier molecular flexibility index (Phi) is 7.55. The van der Waals surface area contributed by atoms with E-state index in [4.69, 9.17) is 9.47 Å².